The van der Waals surface area contributed by atoms with Gasteiger partial charge in [-0.3, -0.25) is 0 Å². The number of rotatable bonds is 4. The minimum Gasteiger partial charge on any atom is -0.359 e. The molecule has 8 nitrogen and oxygen atoms in total. The maximum Gasteiger partial charge on any atom is 0.416 e. The highest BCUT2D eigenvalue weighted by molar-refractivity contribution is 5.75. The van der Waals surface area contributed by atoms with Crippen molar-refractivity contribution in [2.45, 2.75) is 6.18 Å². The topological polar surface area (TPSA) is 108 Å². The number of H-pyrrole nitrogens is 1. The van der Waals surface area contributed by atoms with Crippen LogP contribution < -0.4 is 5.32 Å². The minimum atomic E-state index is -4.51. The first-order chi connectivity index (χ1) is 12.0. The number of tetrazole rings is 1. The van der Waals surface area contributed by atoms with Crippen LogP contribution in [0.1, 0.15) is 11.4 Å². The average molecular weight is 346 g/mol. The molecular formula is C14H9F3N8. The van der Waals surface area contributed by atoms with Crippen molar-refractivity contribution >= 4 is 11.3 Å². The van der Waals surface area contributed by atoms with Crippen molar-refractivity contribution in [3.63, 3.8) is 0 Å². The van der Waals surface area contributed by atoms with Crippen LogP contribution in [0, 0.1) is 11.3 Å². The molecular weight excluding hydrogens is 337 g/mol. The zero-order valence-electron chi connectivity index (χ0n) is 12.4. The molecule has 0 amide bonds. The molecule has 0 fully saturated rings. The van der Waals surface area contributed by atoms with E-state index in [0.29, 0.717) is 5.69 Å². The van der Waals surface area contributed by atoms with E-state index in [2.05, 4.69) is 31.0 Å². The number of hydrogen-bond acceptors (Lipinski definition) is 6. The first-order valence-electron chi connectivity index (χ1n) is 6.81. The quantitative estimate of drug-likeness (QED) is 0.702. The number of aromatic nitrogens is 6. The number of benzene rings is 1. The lowest BCUT2D eigenvalue weighted by molar-refractivity contribution is -0.137. The van der Waals surface area contributed by atoms with Gasteiger partial charge in [0.25, 0.3) is 0 Å². The van der Waals surface area contributed by atoms with Crippen LogP contribution in [0.2, 0.25) is 0 Å². The average Bonchev–Trinajstić information content (AvgIpc) is 3.28. The Morgan fingerprint density at radius 1 is 1.36 bits per heavy atom. The van der Waals surface area contributed by atoms with Crippen molar-refractivity contribution in [3.8, 4) is 11.8 Å². The molecule has 0 aliphatic rings. The zero-order valence-corrected chi connectivity index (χ0v) is 12.4. The van der Waals surface area contributed by atoms with Gasteiger partial charge in [-0.1, -0.05) is 0 Å². The molecule has 0 saturated heterocycles. The Morgan fingerprint density at radius 3 is 2.80 bits per heavy atom. The molecule has 0 radical (unpaired) electrons. The molecule has 0 aliphatic heterocycles. The maximum atomic E-state index is 13.0. The third kappa shape index (κ3) is 3.47. The molecule has 11 heteroatoms. The number of alkyl halides is 3. The van der Waals surface area contributed by atoms with Crippen LogP contribution in [0.25, 0.3) is 11.3 Å². The first kappa shape index (κ1) is 16.2. The van der Waals surface area contributed by atoms with Crippen molar-refractivity contribution in [1.82, 2.24) is 30.4 Å². The van der Waals surface area contributed by atoms with Gasteiger partial charge >= 0.3 is 6.18 Å². The fraction of sp³-hybridized carbons (Fsp3) is 0.0714. The van der Waals surface area contributed by atoms with Crippen LogP contribution in [0.3, 0.4) is 0 Å². The summed E-state index contributed by atoms with van der Waals surface area (Å²) in [6, 6.07) is 6.65. The number of allylic oxidation sites excluding steroid dienone is 1. The standard InChI is InChI=1S/C14H9F3N8/c15-14(16,17)10-2-3-12(25-5-1-4-20-25)11(6-10)19-8-9(7-18)13-21-23-24-22-13/h1-6,8,19H,(H,21,22,23,24). The van der Waals surface area contributed by atoms with E-state index in [0.717, 1.165) is 12.1 Å². The molecule has 3 aromatic rings. The predicted molar refractivity (Wildman–Crippen MR) is 80.0 cm³/mol. The van der Waals surface area contributed by atoms with Crippen LogP contribution in [0.15, 0.2) is 42.9 Å². The van der Waals surface area contributed by atoms with Gasteiger partial charge < -0.3 is 5.32 Å². The number of nitrogens with zero attached hydrogens (tertiary/aromatic N) is 6. The summed E-state index contributed by atoms with van der Waals surface area (Å²) in [7, 11) is 0. The van der Waals surface area contributed by atoms with Gasteiger partial charge in [0.15, 0.2) is 0 Å². The minimum absolute atomic E-state index is 0.00224. The highest BCUT2D eigenvalue weighted by Gasteiger charge is 2.31. The Balaban J connectivity index is 2.02. The molecule has 3 rings (SSSR count). The summed E-state index contributed by atoms with van der Waals surface area (Å²) in [5.41, 5.74) is -0.357. The van der Waals surface area contributed by atoms with Gasteiger partial charge in [-0.05, 0) is 29.5 Å². The van der Waals surface area contributed by atoms with Crippen molar-refractivity contribution in [1.29, 1.82) is 5.26 Å². The van der Waals surface area contributed by atoms with E-state index in [-0.39, 0.29) is 17.1 Å². The van der Waals surface area contributed by atoms with Crippen LogP contribution in [0.5, 0.6) is 0 Å². The third-order valence-electron chi connectivity index (χ3n) is 3.15. The number of hydrogen-bond donors (Lipinski definition) is 2. The number of nitrogens with one attached hydrogen (secondary N) is 2. The Labute approximate surface area is 138 Å². The van der Waals surface area contributed by atoms with Crippen molar-refractivity contribution < 1.29 is 13.2 Å². The summed E-state index contributed by atoms with van der Waals surface area (Å²) < 4.78 is 40.3. The summed E-state index contributed by atoms with van der Waals surface area (Å²) in [5, 5.41) is 28.7. The molecule has 0 bridgehead atoms. The number of aromatic amines is 1. The lowest BCUT2D eigenvalue weighted by Crippen LogP contribution is -2.08. The number of nitriles is 1. The Bertz CT molecular complexity index is 920. The predicted octanol–water partition coefficient (Wildman–Crippen LogP) is 2.38. The van der Waals surface area contributed by atoms with Gasteiger partial charge in [0, 0.05) is 18.6 Å². The maximum absolute atomic E-state index is 13.0. The van der Waals surface area contributed by atoms with E-state index in [1.165, 1.54) is 23.1 Å². The van der Waals surface area contributed by atoms with Crippen molar-refractivity contribution in [2.75, 3.05) is 5.32 Å². The second-order valence-electron chi connectivity index (χ2n) is 4.73. The van der Waals surface area contributed by atoms with E-state index >= 15 is 0 Å². The number of anilines is 1. The second kappa shape index (κ2) is 6.44. The van der Waals surface area contributed by atoms with Crippen LogP contribution in [0.4, 0.5) is 18.9 Å². The van der Waals surface area contributed by atoms with Gasteiger partial charge in [-0.15, -0.1) is 10.2 Å². The second-order valence-corrected chi connectivity index (χ2v) is 4.73. The molecule has 2 N–H and O–H groups in total. The third-order valence-corrected chi connectivity index (χ3v) is 3.15. The van der Waals surface area contributed by atoms with Crippen LogP contribution >= 0.6 is 0 Å². The Hall–Kier alpha value is -3.68. The summed E-state index contributed by atoms with van der Waals surface area (Å²) in [6.45, 7) is 0. The Morgan fingerprint density at radius 2 is 2.20 bits per heavy atom. The molecule has 2 heterocycles. The number of halogens is 3. The molecule has 0 atom stereocenters. The van der Waals surface area contributed by atoms with Gasteiger partial charge in [0.1, 0.15) is 11.6 Å². The van der Waals surface area contributed by atoms with Crippen molar-refractivity contribution in [3.05, 3.63) is 54.2 Å². The highest BCUT2D eigenvalue weighted by atomic mass is 19.4. The van der Waals surface area contributed by atoms with Gasteiger partial charge in [-0.2, -0.15) is 28.7 Å². The summed E-state index contributed by atoms with van der Waals surface area (Å²) in [6.07, 6.45) is -0.221. The molecule has 25 heavy (non-hydrogen) atoms. The largest absolute Gasteiger partial charge is 0.416 e. The van der Waals surface area contributed by atoms with E-state index in [9.17, 15) is 13.2 Å². The molecule has 1 aromatic carbocycles. The summed E-state index contributed by atoms with van der Waals surface area (Å²) in [4.78, 5) is 0. The summed E-state index contributed by atoms with van der Waals surface area (Å²) in [5.74, 6) is 0.0163. The Kier molecular flexibility index (Phi) is 4.17. The molecule has 0 aliphatic carbocycles. The van der Waals surface area contributed by atoms with Crippen molar-refractivity contribution in [2.24, 2.45) is 0 Å². The lowest BCUT2D eigenvalue weighted by Gasteiger charge is -2.13. The molecule has 0 unspecified atom stereocenters. The molecule has 0 spiro atoms. The molecule has 2 aromatic heterocycles. The SMILES string of the molecule is N#CC(=CNc1cc(C(F)(F)F)ccc1-n1cccn1)c1nn[nH]n1. The smallest absolute Gasteiger partial charge is 0.359 e. The fourth-order valence-electron chi connectivity index (χ4n) is 2.01. The zero-order chi connectivity index (χ0) is 17.9. The summed E-state index contributed by atoms with van der Waals surface area (Å²) >= 11 is 0. The highest BCUT2D eigenvalue weighted by Crippen LogP contribution is 2.33. The van der Waals surface area contributed by atoms with Crippen LogP contribution in [-0.4, -0.2) is 30.4 Å². The molecule has 126 valence electrons. The fourth-order valence-corrected chi connectivity index (χ4v) is 2.01. The van der Waals surface area contributed by atoms with Gasteiger partial charge in [-0.25, -0.2) is 4.68 Å². The monoisotopic (exact) mass is 346 g/mol. The van der Waals surface area contributed by atoms with Gasteiger partial charge in [0.2, 0.25) is 5.82 Å². The lowest BCUT2D eigenvalue weighted by atomic mass is 10.1. The van der Waals surface area contributed by atoms with E-state index < -0.39 is 11.7 Å². The van der Waals surface area contributed by atoms with E-state index in [4.69, 9.17) is 5.26 Å². The molecule has 0 saturated carbocycles. The van der Waals surface area contributed by atoms with Crippen LogP contribution in [-0.2, 0) is 6.18 Å². The van der Waals surface area contributed by atoms with Gasteiger partial charge in [0.05, 0.1) is 16.9 Å². The normalized spacial score (nSPS) is 12.0. The first-order valence-corrected chi connectivity index (χ1v) is 6.81. The van der Waals surface area contributed by atoms with E-state index in [1.54, 1.807) is 12.3 Å². The van der Waals surface area contributed by atoms with E-state index in [1.807, 2.05) is 6.07 Å².